The van der Waals surface area contributed by atoms with Gasteiger partial charge in [-0.1, -0.05) is 36.8 Å². The summed E-state index contributed by atoms with van der Waals surface area (Å²) >= 11 is 0. The predicted octanol–water partition coefficient (Wildman–Crippen LogP) is 3.10. The molecule has 0 aliphatic carbocycles. The number of para-hydroxylation sites is 1. The molecule has 1 aromatic heterocycles. The van der Waals surface area contributed by atoms with E-state index in [4.69, 9.17) is 9.84 Å². The van der Waals surface area contributed by atoms with Gasteiger partial charge in [-0.2, -0.15) is 0 Å². The zero-order valence-electron chi connectivity index (χ0n) is 13.7. The maximum absolute atomic E-state index is 11.1. The molecule has 2 rings (SSSR count). The summed E-state index contributed by atoms with van der Waals surface area (Å²) in [5, 5.41) is 16.9. The number of ether oxygens (including phenoxy) is 1. The SMILES string of the molecule is CCCc1c(C(=O)O)nnn1CCCCOc1ccccc1C. The number of hydrogen-bond donors (Lipinski definition) is 1. The maximum atomic E-state index is 11.1. The van der Waals surface area contributed by atoms with Crippen LogP contribution in [0.3, 0.4) is 0 Å². The molecule has 0 amide bonds. The van der Waals surface area contributed by atoms with Crippen LogP contribution in [0.4, 0.5) is 0 Å². The smallest absolute Gasteiger partial charge is 0.358 e. The number of aromatic carboxylic acids is 1. The van der Waals surface area contributed by atoms with Crippen molar-refractivity contribution in [3.63, 3.8) is 0 Å². The average molecular weight is 317 g/mol. The molecule has 0 atom stereocenters. The number of aromatic nitrogens is 3. The second kappa shape index (κ2) is 8.31. The van der Waals surface area contributed by atoms with E-state index >= 15 is 0 Å². The highest BCUT2D eigenvalue weighted by Gasteiger charge is 2.17. The summed E-state index contributed by atoms with van der Waals surface area (Å²) in [5.41, 5.74) is 1.91. The zero-order valence-corrected chi connectivity index (χ0v) is 13.7. The van der Waals surface area contributed by atoms with E-state index in [0.29, 0.717) is 25.3 Å². The number of unbranched alkanes of at least 4 members (excludes halogenated alkanes) is 1. The highest BCUT2D eigenvalue weighted by atomic mass is 16.5. The number of carboxylic acid groups (broad SMARTS) is 1. The Labute approximate surface area is 136 Å². The maximum Gasteiger partial charge on any atom is 0.358 e. The Morgan fingerprint density at radius 3 is 2.78 bits per heavy atom. The van der Waals surface area contributed by atoms with Crippen molar-refractivity contribution >= 4 is 5.97 Å². The van der Waals surface area contributed by atoms with Crippen LogP contribution >= 0.6 is 0 Å². The summed E-state index contributed by atoms with van der Waals surface area (Å²) in [6.07, 6.45) is 3.28. The summed E-state index contributed by atoms with van der Waals surface area (Å²) in [5.74, 6) is -0.101. The summed E-state index contributed by atoms with van der Waals surface area (Å²) in [6.45, 7) is 5.33. The first kappa shape index (κ1) is 17.0. The zero-order chi connectivity index (χ0) is 16.7. The minimum atomic E-state index is -1.01. The number of benzene rings is 1. The molecule has 124 valence electrons. The van der Waals surface area contributed by atoms with E-state index in [1.165, 1.54) is 0 Å². The van der Waals surface area contributed by atoms with Gasteiger partial charge in [0.15, 0.2) is 5.69 Å². The molecule has 1 aromatic carbocycles. The van der Waals surface area contributed by atoms with Gasteiger partial charge in [0.25, 0.3) is 0 Å². The molecule has 0 unspecified atom stereocenters. The Morgan fingerprint density at radius 2 is 2.09 bits per heavy atom. The normalized spacial score (nSPS) is 10.7. The van der Waals surface area contributed by atoms with Gasteiger partial charge in [-0.3, -0.25) is 0 Å². The van der Waals surface area contributed by atoms with E-state index in [2.05, 4.69) is 10.3 Å². The van der Waals surface area contributed by atoms with E-state index in [0.717, 1.165) is 30.6 Å². The molecule has 0 spiro atoms. The van der Waals surface area contributed by atoms with Crippen LogP contribution in [0.1, 0.15) is 47.9 Å². The molecule has 2 aromatic rings. The number of nitrogens with zero attached hydrogens (tertiary/aromatic N) is 3. The summed E-state index contributed by atoms with van der Waals surface area (Å²) < 4.78 is 7.47. The molecule has 23 heavy (non-hydrogen) atoms. The molecule has 6 nitrogen and oxygen atoms in total. The average Bonchev–Trinajstić information content (AvgIpc) is 2.92. The third kappa shape index (κ3) is 4.55. The van der Waals surface area contributed by atoms with Gasteiger partial charge in [0.1, 0.15) is 5.75 Å². The van der Waals surface area contributed by atoms with Crippen LogP contribution in [-0.2, 0) is 13.0 Å². The Morgan fingerprint density at radius 1 is 1.30 bits per heavy atom. The van der Waals surface area contributed by atoms with Crippen molar-refractivity contribution in [3.8, 4) is 5.75 Å². The van der Waals surface area contributed by atoms with Gasteiger partial charge in [-0.05, 0) is 37.8 Å². The largest absolute Gasteiger partial charge is 0.493 e. The molecular weight excluding hydrogens is 294 g/mol. The van der Waals surface area contributed by atoms with Crippen LogP contribution < -0.4 is 4.74 Å². The lowest BCUT2D eigenvalue weighted by atomic mass is 10.2. The van der Waals surface area contributed by atoms with Crippen molar-refractivity contribution in [2.45, 2.75) is 46.1 Å². The second-order valence-electron chi connectivity index (χ2n) is 5.48. The van der Waals surface area contributed by atoms with Gasteiger partial charge >= 0.3 is 5.97 Å². The lowest BCUT2D eigenvalue weighted by Gasteiger charge is -2.09. The monoisotopic (exact) mass is 317 g/mol. The van der Waals surface area contributed by atoms with Gasteiger partial charge in [0.05, 0.1) is 12.3 Å². The lowest BCUT2D eigenvalue weighted by molar-refractivity contribution is 0.0689. The van der Waals surface area contributed by atoms with Crippen LogP contribution in [0.25, 0.3) is 0 Å². The third-order valence-corrected chi connectivity index (χ3v) is 3.64. The number of hydrogen-bond acceptors (Lipinski definition) is 4. The van der Waals surface area contributed by atoms with Crippen molar-refractivity contribution in [3.05, 3.63) is 41.2 Å². The molecule has 0 radical (unpaired) electrons. The Balaban J connectivity index is 1.82. The molecule has 0 saturated carbocycles. The fraction of sp³-hybridized carbons (Fsp3) is 0.471. The first-order chi connectivity index (χ1) is 11.1. The number of carboxylic acids is 1. The van der Waals surface area contributed by atoms with E-state index in [1.54, 1.807) is 4.68 Å². The molecule has 6 heteroatoms. The molecule has 0 saturated heterocycles. The fourth-order valence-corrected chi connectivity index (χ4v) is 2.43. The quantitative estimate of drug-likeness (QED) is 0.719. The molecule has 0 fully saturated rings. The van der Waals surface area contributed by atoms with Crippen molar-refractivity contribution in [2.75, 3.05) is 6.61 Å². The summed E-state index contributed by atoms with van der Waals surface area (Å²) in [7, 11) is 0. The van der Waals surface area contributed by atoms with Crippen LogP contribution in [0.5, 0.6) is 5.75 Å². The molecule has 1 N–H and O–H groups in total. The number of rotatable bonds is 9. The van der Waals surface area contributed by atoms with Gasteiger partial charge < -0.3 is 9.84 Å². The van der Waals surface area contributed by atoms with E-state index in [9.17, 15) is 4.79 Å². The summed E-state index contributed by atoms with van der Waals surface area (Å²) in [4.78, 5) is 11.1. The minimum absolute atomic E-state index is 0.0722. The Hall–Kier alpha value is -2.37. The second-order valence-corrected chi connectivity index (χ2v) is 5.48. The summed E-state index contributed by atoms with van der Waals surface area (Å²) in [6, 6.07) is 7.94. The molecule has 1 heterocycles. The Bertz CT molecular complexity index is 652. The molecular formula is C17H23N3O3. The first-order valence-corrected chi connectivity index (χ1v) is 7.97. The minimum Gasteiger partial charge on any atom is -0.493 e. The standard InChI is InChI=1S/C17H23N3O3/c1-3-8-14-16(17(21)22)18-19-20(14)11-6-7-12-23-15-10-5-4-9-13(15)2/h4-5,9-10H,3,6-8,11-12H2,1-2H3,(H,21,22). The van der Waals surface area contributed by atoms with Gasteiger partial charge in [-0.15, -0.1) is 5.10 Å². The Kier molecular flexibility index (Phi) is 6.14. The van der Waals surface area contributed by atoms with E-state index in [1.807, 2.05) is 38.1 Å². The van der Waals surface area contributed by atoms with Crippen LogP contribution in [0, 0.1) is 6.92 Å². The molecule has 0 aliphatic rings. The highest BCUT2D eigenvalue weighted by Crippen LogP contribution is 2.16. The van der Waals surface area contributed by atoms with Crippen LogP contribution in [0.2, 0.25) is 0 Å². The highest BCUT2D eigenvalue weighted by molar-refractivity contribution is 5.86. The predicted molar refractivity (Wildman–Crippen MR) is 86.9 cm³/mol. The molecule has 0 aliphatic heterocycles. The lowest BCUT2D eigenvalue weighted by Crippen LogP contribution is -2.09. The van der Waals surface area contributed by atoms with Crippen molar-refractivity contribution in [1.82, 2.24) is 15.0 Å². The third-order valence-electron chi connectivity index (χ3n) is 3.64. The van der Waals surface area contributed by atoms with Crippen LogP contribution in [-0.4, -0.2) is 32.7 Å². The first-order valence-electron chi connectivity index (χ1n) is 7.97. The topological polar surface area (TPSA) is 77.2 Å². The fourth-order valence-electron chi connectivity index (χ4n) is 2.43. The van der Waals surface area contributed by atoms with Crippen molar-refractivity contribution < 1.29 is 14.6 Å². The van der Waals surface area contributed by atoms with Crippen molar-refractivity contribution in [2.24, 2.45) is 0 Å². The van der Waals surface area contributed by atoms with Crippen LogP contribution in [0.15, 0.2) is 24.3 Å². The number of carbonyl (C=O) groups is 1. The number of aryl methyl sites for hydroxylation is 2. The van der Waals surface area contributed by atoms with Gasteiger partial charge in [0.2, 0.25) is 0 Å². The van der Waals surface area contributed by atoms with Crippen molar-refractivity contribution in [1.29, 1.82) is 0 Å². The van der Waals surface area contributed by atoms with Gasteiger partial charge in [0, 0.05) is 6.54 Å². The van der Waals surface area contributed by atoms with E-state index in [-0.39, 0.29) is 5.69 Å². The molecule has 0 bridgehead atoms. The van der Waals surface area contributed by atoms with E-state index < -0.39 is 5.97 Å². The van der Waals surface area contributed by atoms with Gasteiger partial charge in [-0.25, -0.2) is 9.48 Å².